The van der Waals surface area contributed by atoms with E-state index in [1.165, 1.54) is 0 Å². The molecule has 2 aromatic carbocycles. The van der Waals surface area contributed by atoms with Crippen molar-refractivity contribution in [1.82, 2.24) is 9.88 Å². The van der Waals surface area contributed by atoms with Gasteiger partial charge in [-0.2, -0.15) is 0 Å². The van der Waals surface area contributed by atoms with Gasteiger partial charge < -0.3 is 10.0 Å². The largest absolute Gasteiger partial charge is 0.385 e. The van der Waals surface area contributed by atoms with Crippen LogP contribution in [-0.4, -0.2) is 34.0 Å². The van der Waals surface area contributed by atoms with Crippen molar-refractivity contribution in [3.8, 4) is 0 Å². The second-order valence-electron chi connectivity index (χ2n) is 7.50. The average molecular weight is 360 g/mol. The molecule has 1 fully saturated rings. The van der Waals surface area contributed by atoms with Crippen molar-refractivity contribution in [2.45, 2.75) is 32.3 Å². The maximum Gasteiger partial charge on any atom is 0.254 e. The molecule has 0 spiro atoms. The first-order valence-corrected chi connectivity index (χ1v) is 9.41. The topological polar surface area (TPSA) is 53.4 Å². The Morgan fingerprint density at radius 2 is 1.78 bits per heavy atom. The molecule has 1 aliphatic rings. The summed E-state index contributed by atoms with van der Waals surface area (Å²) in [5.41, 5.74) is 3.66. The van der Waals surface area contributed by atoms with Crippen LogP contribution >= 0.6 is 0 Å². The normalized spacial score (nSPS) is 16.5. The fraction of sp³-hybridized carbons (Fsp3) is 0.304. The number of hydrogen-bond acceptors (Lipinski definition) is 3. The highest BCUT2D eigenvalue weighted by Crippen LogP contribution is 2.34. The Morgan fingerprint density at radius 1 is 1.04 bits per heavy atom. The molecule has 4 rings (SSSR count). The maximum atomic E-state index is 12.8. The summed E-state index contributed by atoms with van der Waals surface area (Å²) in [7, 11) is 0. The Morgan fingerprint density at radius 3 is 2.52 bits per heavy atom. The van der Waals surface area contributed by atoms with Crippen LogP contribution in [0.15, 0.2) is 54.6 Å². The van der Waals surface area contributed by atoms with Gasteiger partial charge in [-0.25, -0.2) is 0 Å². The molecule has 4 heteroatoms. The second kappa shape index (κ2) is 6.78. The van der Waals surface area contributed by atoms with Crippen LogP contribution in [0.1, 0.15) is 40.0 Å². The average Bonchev–Trinajstić information content (AvgIpc) is 2.68. The molecule has 27 heavy (non-hydrogen) atoms. The highest BCUT2D eigenvalue weighted by Gasteiger charge is 2.36. The number of nitrogens with zero attached hydrogens (tertiary/aromatic N) is 2. The lowest BCUT2D eigenvalue weighted by molar-refractivity contribution is -0.0210. The quantitative estimate of drug-likeness (QED) is 0.752. The second-order valence-corrected chi connectivity index (χ2v) is 7.50. The van der Waals surface area contributed by atoms with Crippen LogP contribution in [0.4, 0.5) is 0 Å². The lowest BCUT2D eigenvalue weighted by Gasteiger charge is -2.38. The Bertz CT molecular complexity index is 1000. The number of carbonyl (C=O) groups excluding carboxylic acids is 1. The third-order valence-electron chi connectivity index (χ3n) is 5.62. The standard InChI is InChI=1S/C23H24N2O2/c1-16-5-3-4-6-20(16)22(26)25-13-11-23(27,12-14-25)19-9-10-21-18(15-19)8-7-17(2)24-21/h3-10,15,27H,11-14H2,1-2H3. The van der Waals surface area contributed by atoms with Crippen molar-refractivity contribution in [2.24, 2.45) is 0 Å². The van der Waals surface area contributed by atoms with E-state index in [4.69, 9.17) is 0 Å². The van der Waals surface area contributed by atoms with Crippen LogP contribution in [0.3, 0.4) is 0 Å². The number of carbonyl (C=O) groups is 1. The molecule has 0 bridgehead atoms. The predicted octanol–water partition coefficient (Wildman–Crippen LogP) is 3.98. The Kier molecular flexibility index (Phi) is 4.44. The number of aromatic nitrogens is 1. The summed E-state index contributed by atoms with van der Waals surface area (Å²) < 4.78 is 0. The number of amides is 1. The molecule has 1 aliphatic heterocycles. The molecule has 3 aromatic rings. The minimum absolute atomic E-state index is 0.0494. The first-order chi connectivity index (χ1) is 13.0. The van der Waals surface area contributed by atoms with Gasteiger partial charge >= 0.3 is 0 Å². The molecule has 1 saturated heterocycles. The Hall–Kier alpha value is -2.72. The molecule has 4 nitrogen and oxygen atoms in total. The van der Waals surface area contributed by atoms with Crippen molar-refractivity contribution < 1.29 is 9.90 Å². The van der Waals surface area contributed by atoms with Gasteiger partial charge in [-0.3, -0.25) is 9.78 Å². The molecule has 138 valence electrons. The molecule has 1 amide bonds. The van der Waals surface area contributed by atoms with E-state index in [0.717, 1.165) is 33.3 Å². The monoisotopic (exact) mass is 360 g/mol. The number of benzene rings is 2. The van der Waals surface area contributed by atoms with Gasteiger partial charge in [0.05, 0.1) is 11.1 Å². The van der Waals surface area contributed by atoms with Crippen LogP contribution in [-0.2, 0) is 5.60 Å². The lowest BCUT2D eigenvalue weighted by atomic mass is 9.83. The summed E-state index contributed by atoms with van der Waals surface area (Å²) >= 11 is 0. The van der Waals surface area contributed by atoms with Crippen molar-refractivity contribution in [2.75, 3.05) is 13.1 Å². The zero-order valence-corrected chi connectivity index (χ0v) is 15.8. The molecular formula is C23H24N2O2. The summed E-state index contributed by atoms with van der Waals surface area (Å²) in [6, 6.07) is 17.7. The summed E-state index contributed by atoms with van der Waals surface area (Å²) in [4.78, 5) is 19.2. The predicted molar refractivity (Wildman–Crippen MR) is 107 cm³/mol. The number of rotatable bonds is 2. The zero-order chi connectivity index (χ0) is 19.0. The van der Waals surface area contributed by atoms with E-state index in [2.05, 4.69) is 4.98 Å². The third kappa shape index (κ3) is 3.33. The SMILES string of the molecule is Cc1ccc2cc(C3(O)CCN(C(=O)c4ccccc4C)CC3)ccc2n1. The number of hydrogen-bond donors (Lipinski definition) is 1. The van der Waals surface area contributed by atoms with E-state index in [0.29, 0.717) is 25.9 Å². The Balaban J connectivity index is 1.53. The van der Waals surface area contributed by atoms with E-state index in [-0.39, 0.29) is 5.91 Å². The van der Waals surface area contributed by atoms with E-state index in [9.17, 15) is 9.90 Å². The summed E-state index contributed by atoms with van der Waals surface area (Å²) in [6.45, 7) is 5.03. The van der Waals surface area contributed by atoms with Crippen molar-refractivity contribution in [3.63, 3.8) is 0 Å². The number of fused-ring (bicyclic) bond motifs is 1. The molecule has 1 N–H and O–H groups in total. The summed E-state index contributed by atoms with van der Waals surface area (Å²) in [6.07, 6.45) is 1.07. The number of aryl methyl sites for hydroxylation is 2. The smallest absolute Gasteiger partial charge is 0.254 e. The molecule has 1 aromatic heterocycles. The molecule has 2 heterocycles. The number of piperidine rings is 1. The third-order valence-corrected chi connectivity index (χ3v) is 5.62. The van der Waals surface area contributed by atoms with Crippen LogP contribution in [0.2, 0.25) is 0 Å². The van der Waals surface area contributed by atoms with Crippen molar-refractivity contribution in [3.05, 3.63) is 77.0 Å². The highest BCUT2D eigenvalue weighted by molar-refractivity contribution is 5.95. The van der Waals surface area contributed by atoms with E-state index < -0.39 is 5.60 Å². The van der Waals surface area contributed by atoms with E-state index >= 15 is 0 Å². The lowest BCUT2D eigenvalue weighted by Crippen LogP contribution is -2.45. The first-order valence-electron chi connectivity index (χ1n) is 9.41. The van der Waals surface area contributed by atoms with Gasteiger partial charge in [0, 0.05) is 29.7 Å². The van der Waals surface area contributed by atoms with Gasteiger partial charge in [-0.1, -0.05) is 30.3 Å². The van der Waals surface area contributed by atoms with Crippen LogP contribution in [0.5, 0.6) is 0 Å². The highest BCUT2D eigenvalue weighted by atomic mass is 16.3. The van der Waals surface area contributed by atoms with Crippen LogP contribution in [0.25, 0.3) is 10.9 Å². The summed E-state index contributed by atoms with van der Waals surface area (Å²) in [5, 5.41) is 12.3. The maximum absolute atomic E-state index is 12.8. The number of likely N-dealkylation sites (tertiary alicyclic amines) is 1. The molecule has 0 aliphatic carbocycles. The first kappa shape index (κ1) is 17.7. The van der Waals surface area contributed by atoms with Gasteiger partial charge in [0.15, 0.2) is 0 Å². The zero-order valence-electron chi connectivity index (χ0n) is 15.8. The fourth-order valence-corrected chi connectivity index (χ4v) is 3.87. The van der Waals surface area contributed by atoms with Gasteiger partial charge in [-0.15, -0.1) is 0 Å². The van der Waals surface area contributed by atoms with Crippen molar-refractivity contribution in [1.29, 1.82) is 0 Å². The minimum Gasteiger partial charge on any atom is -0.385 e. The van der Waals surface area contributed by atoms with E-state index in [1.54, 1.807) is 0 Å². The molecule has 0 atom stereocenters. The number of pyridine rings is 1. The molecule has 0 saturated carbocycles. The number of aliphatic hydroxyl groups is 1. The van der Waals surface area contributed by atoms with Gasteiger partial charge in [0.1, 0.15) is 0 Å². The molecule has 0 unspecified atom stereocenters. The van der Waals surface area contributed by atoms with Gasteiger partial charge in [0.25, 0.3) is 5.91 Å². The van der Waals surface area contributed by atoms with E-state index in [1.807, 2.05) is 73.3 Å². The fourth-order valence-electron chi connectivity index (χ4n) is 3.87. The van der Waals surface area contributed by atoms with Crippen LogP contribution in [0, 0.1) is 13.8 Å². The molecule has 0 radical (unpaired) electrons. The molecular weight excluding hydrogens is 336 g/mol. The van der Waals surface area contributed by atoms with Gasteiger partial charge in [-0.05, 0) is 62.1 Å². The summed E-state index contributed by atoms with van der Waals surface area (Å²) in [5.74, 6) is 0.0494. The minimum atomic E-state index is -0.901. The van der Waals surface area contributed by atoms with Gasteiger partial charge in [0.2, 0.25) is 0 Å². The van der Waals surface area contributed by atoms with Crippen molar-refractivity contribution >= 4 is 16.8 Å². The Labute approximate surface area is 159 Å². The van der Waals surface area contributed by atoms with Crippen LogP contribution < -0.4 is 0 Å².